The van der Waals surface area contributed by atoms with Gasteiger partial charge in [0.2, 0.25) is 0 Å². The van der Waals surface area contributed by atoms with Crippen molar-refractivity contribution in [2.24, 2.45) is 0 Å². The summed E-state index contributed by atoms with van der Waals surface area (Å²) in [5.74, 6) is -0.0476. The molecule has 35 heavy (non-hydrogen) atoms. The third-order valence-corrected chi connectivity index (χ3v) is 6.75. The maximum atomic E-state index is 13.1. The van der Waals surface area contributed by atoms with E-state index in [1.54, 1.807) is 24.4 Å². The Bertz CT molecular complexity index is 1230. The molecule has 1 saturated heterocycles. The third-order valence-electron chi connectivity index (χ3n) is 5.22. The summed E-state index contributed by atoms with van der Waals surface area (Å²) in [5, 5.41) is 5.45. The number of anilines is 2. The molecule has 0 atom stereocenters. The van der Waals surface area contributed by atoms with Crippen molar-refractivity contribution in [3.8, 4) is 0 Å². The quantitative estimate of drug-likeness (QED) is 0.344. The van der Waals surface area contributed by atoms with Crippen molar-refractivity contribution in [2.45, 2.75) is 28.8 Å². The van der Waals surface area contributed by atoms with E-state index < -0.39 is 11.7 Å². The molecule has 11 heteroatoms. The lowest BCUT2D eigenvalue weighted by Crippen LogP contribution is -2.28. The number of carbonyl (C=O) groups excluding carboxylic acids is 1. The Labute approximate surface area is 215 Å². The normalized spacial score (nSPS) is 13.5. The highest BCUT2D eigenvalue weighted by Crippen LogP contribution is 2.36. The molecule has 1 amide bonds. The van der Waals surface area contributed by atoms with Crippen molar-refractivity contribution in [2.75, 3.05) is 23.7 Å². The number of hydrogen-bond donors (Lipinski definition) is 2. The number of rotatable bonds is 5. The largest absolute Gasteiger partial charge is 0.417 e. The van der Waals surface area contributed by atoms with Crippen LogP contribution in [0, 0.1) is 0 Å². The minimum atomic E-state index is -4.56. The lowest BCUT2D eigenvalue weighted by Gasteiger charge is -2.15. The number of pyridine rings is 1. The minimum Gasteiger partial charge on any atom is -0.337 e. The molecule has 4 rings (SSSR count). The van der Waals surface area contributed by atoms with E-state index in [0.717, 1.165) is 41.8 Å². The van der Waals surface area contributed by atoms with Gasteiger partial charge in [0.05, 0.1) is 10.6 Å². The minimum absolute atomic E-state index is 0.0476. The van der Waals surface area contributed by atoms with Gasteiger partial charge < -0.3 is 15.5 Å². The summed E-state index contributed by atoms with van der Waals surface area (Å²) in [6.07, 6.45) is -0.886. The van der Waals surface area contributed by atoms with Crippen molar-refractivity contribution in [3.63, 3.8) is 0 Å². The van der Waals surface area contributed by atoms with Gasteiger partial charge in [-0.05, 0) is 79.7 Å². The van der Waals surface area contributed by atoms with Gasteiger partial charge in [0.15, 0.2) is 5.11 Å². The van der Waals surface area contributed by atoms with Crippen LogP contribution in [0.3, 0.4) is 0 Å². The van der Waals surface area contributed by atoms with Crippen molar-refractivity contribution in [1.82, 2.24) is 9.88 Å². The highest BCUT2D eigenvalue weighted by Gasteiger charge is 2.33. The number of nitrogens with zero attached hydrogens (tertiary/aromatic N) is 2. The Balaban J connectivity index is 1.36. The van der Waals surface area contributed by atoms with E-state index in [9.17, 15) is 18.0 Å². The fraction of sp³-hybridized carbons (Fsp3) is 0.208. The summed E-state index contributed by atoms with van der Waals surface area (Å²) < 4.78 is 39.2. The summed E-state index contributed by atoms with van der Waals surface area (Å²) >= 11 is 12.4. The SMILES string of the molecule is O=C(c1cc(Sc2ccc(NC(=S)Nc3ccc(Cl)c(C(F)(F)F)c3)cc2)ccn1)N1CCCC1. The van der Waals surface area contributed by atoms with Crippen LogP contribution in [0.1, 0.15) is 28.9 Å². The van der Waals surface area contributed by atoms with Crippen molar-refractivity contribution in [1.29, 1.82) is 0 Å². The summed E-state index contributed by atoms with van der Waals surface area (Å²) in [5.41, 5.74) is 0.331. The molecule has 5 nitrogen and oxygen atoms in total. The zero-order valence-corrected chi connectivity index (χ0v) is 20.6. The summed E-state index contributed by atoms with van der Waals surface area (Å²) in [4.78, 5) is 20.5. The predicted octanol–water partition coefficient (Wildman–Crippen LogP) is 6.95. The molecule has 0 spiro atoms. The fourth-order valence-electron chi connectivity index (χ4n) is 3.53. The van der Waals surface area contributed by atoms with Crippen LogP contribution < -0.4 is 10.6 Å². The lowest BCUT2D eigenvalue weighted by atomic mass is 10.2. The Morgan fingerprint density at radius 1 is 0.971 bits per heavy atom. The molecule has 1 aliphatic heterocycles. The number of benzene rings is 2. The molecule has 1 aromatic heterocycles. The van der Waals surface area contributed by atoms with Gasteiger partial charge in [0.25, 0.3) is 5.91 Å². The number of halogens is 4. The number of likely N-dealkylation sites (tertiary alicyclic amines) is 1. The summed E-state index contributed by atoms with van der Waals surface area (Å²) in [7, 11) is 0. The van der Waals surface area contributed by atoms with E-state index in [1.807, 2.05) is 23.1 Å². The molecular weight excluding hydrogens is 517 g/mol. The van der Waals surface area contributed by atoms with Crippen LogP contribution in [0.25, 0.3) is 0 Å². The maximum Gasteiger partial charge on any atom is 0.417 e. The number of thiocarbonyl (C=S) groups is 1. The van der Waals surface area contributed by atoms with Crippen LogP contribution in [-0.4, -0.2) is 34.0 Å². The zero-order valence-electron chi connectivity index (χ0n) is 18.2. The topological polar surface area (TPSA) is 57.3 Å². The molecule has 0 saturated carbocycles. The molecule has 0 radical (unpaired) electrons. The van der Waals surface area contributed by atoms with E-state index in [-0.39, 0.29) is 21.7 Å². The van der Waals surface area contributed by atoms with Crippen molar-refractivity contribution < 1.29 is 18.0 Å². The van der Waals surface area contributed by atoms with Crippen LogP contribution in [0.2, 0.25) is 5.02 Å². The van der Waals surface area contributed by atoms with E-state index in [4.69, 9.17) is 23.8 Å². The van der Waals surface area contributed by atoms with Gasteiger partial charge in [-0.1, -0.05) is 23.4 Å². The van der Waals surface area contributed by atoms with Crippen LogP contribution >= 0.6 is 35.6 Å². The molecule has 0 aliphatic carbocycles. The van der Waals surface area contributed by atoms with Gasteiger partial charge in [-0.3, -0.25) is 9.78 Å². The van der Waals surface area contributed by atoms with E-state index in [0.29, 0.717) is 11.4 Å². The van der Waals surface area contributed by atoms with Gasteiger partial charge in [-0.15, -0.1) is 0 Å². The molecular formula is C24H20ClF3N4OS2. The molecule has 1 aliphatic rings. The summed E-state index contributed by atoms with van der Waals surface area (Å²) in [6.45, 7) is 1.54. The number of nitrogens with one attached hydrogen (secondary N) is 2. The first-order valence-corrected chi connectivity index (χ1v) is 12.3. The van der Waals surface area contributed by atoms with Crippen molar-refractivity contribution >= 4 is 58.0 Å². The molecule has 0 unspecified atom stereocenters. The Morgan fingerprint density at radius 2 is 1.63 bits per heavy atom. The first-order chi connectivity index (χ1) is 16.7. The second-order valence-electron chi connectivity index (χ2n) is 7.77. The standard InChI is InChI=1S/C24H20ClF3N4OS2/c25-20-8-5-16(13-19(20)24(26,27)28)31-23(34)30-15-3-6-17(7-4-15)35-18-9-10-29-21(14-18)22(33)32-11-1-2-12-32/h3-10,13-14H,1-2,11-12H2,(H2,30,31,34). The summed E-state index contributed by atoms with van der Waals surface area (Å²) in [6, 6.07) is 14.5. The average Bonchev–Trinajstić information content (AvgIpc) is 3.36. The van der Waals surface area contributed by atoms with Gasteiger partial charge in [0.1, 0.15) is 5.69 Å². The number of amides is 1. The second kappa shape index (κ2) is 10.8. The van der Waals surface area contributed by atoms with E-state index in [1.165, 1.54) is 23.9 Å². The van der Waals surface area contributed by atoms with Gasteiger partial charge in [-0.25, -0.2) is 0 Å². The van der Waals surface area contributed by atoms with E-state index >= 15 is 0 Å². The van der Waals surface area contributed by atoms with Crippen LogP contribution in [0.4, 0.5) is 24.5 Å². The van der Waals surface area contributed by atoms with Gasteiger partial charge in [-0.2, -0.15) is 13.2 Å². The first-order valence-electron chi connectivity index (χ1n) is 10.7. The highest BCUT2D eigenvalue weighted by atomic mass is 35.5. The monoisotopic (exact) mass is 536 g/mol. The number of aromatic nitrogens is 1. The number of hydrogen-bond acceptors (Lipinski definition) is 4. The molecule has 182 valence electrons. The fourth-order valence-corrected chi connectivity index (χ4v) is 4.83. The first kappa shape index (κ1) is 25.3. The predicted molar refractivity (Wildman–Crippen MR) is 136 cm³/mol. The molecule has 2 N–H and O–H groups in total. The van der Waals surface area contributed by atoms with Crippen LogP contribution in [0.5, 0.6) is 0 Å². The smallest absolute Gasteiger partial charge is 0.337 e. The molecule has 0 bridgehead atoms. The highest BCUT2D eigenvalue weighted by molar-refractivity contribution is 7.99. The van der Waals surface area contributed by atoms with Gasteiger partial charge >= 0.3 is 6.18 Å². The lowest BCUT2D eigenvalue weighted by molar-refractivity contribution is -0.137. The van der Waals surface area contributed by atoms with E-state index in [2.05, 4.69) is 15.6 Å². The van der Waals surface area contributed by atoms with Crippen LogP contribution in [-0.2, 0) is 6.18 Å². The second-order valence-corrected chi connectivity index (χ2v) is 9.74. The molecule has 3 aromatic rings. The third kappa shape index (κ3) is 6.65. The molecule has 2 aromatic carbocycles. The Morgan fingerprint density at radius 3 is 2.31 bits per heavy atom. The molecule has 2 heterocycles. The molecule has 1 fully saturated rings. The number of carbonyl (C=O) groups is 1. The Hall–Kier alpha value is -2.82. The maximum absolute atomic E-state index is 13.1. The number of alkyl halides is 3. The van der Waals surface area contributed by atoms with Crippen LogP contribution in [0.15, 0.2) is 70.6 Å². The Kier molecular flexibility index (Phi) is 7.83. The zero-order chi connectivity index (χ0) is 25.0. The average molecular weight is 537 g/mol. The van der Waals surface area contributed by atoms with Crippen molar-refractivity contribution in [3.05, 3.63) is 77.1 Å². The van der Waals surface area contributed by atoms with Gasteiger partial charge in [0, 0.05) is 40.5 Å².